The van der Waals surface area contributed by atoms with E-state index >= 15 is 0 Å². The predicted octanol–water partition coefficient (Wildman–Crippen LogP) is 11.3. The number of aromatic nitrogens is 1. The number of allylic oxidation sites excluding steroid dienone is 3. The summed E-state index contributed by atoms with van der Waals surface area (Å²) >= 11 is 6.92. The molecule has 2 unspecified atom stereocenters. The first-order valence-electron chi connectivity index (χ1n) is 37.9. The van der Waals surface area contributed by atoms with E-state index in [0.29, 0.717) is 30.9 Å². The van der Waals surface area contributed by atoms with Gasteiger partial charge in [-0.25, -0.2) is 24.4 Å². The van der Waals surface area contributed by atoms with Crippen molar-refractivity contribution in [3.05, 3.63) is 142 Å². The number of anilines is 1. The van der Waals surface area contributed by atoms with Crippen LogP contribution >= 0.6 is 11.6 Å². The van der Waals surface area contributed by atoms with Gasteiger partial charge in [0.2, 0.25) is 17.7 Å². The molecule has 26 nitrogen and oxygen atoms in total. The third-order valence-electron chi connectivity index (χ3n) is 23.1. The number of hydrazine groups is 1. The largest absolute Gasteiger partial charge is 0.495 e. The summed E-state index contributed by atoms with van der Waals surface area (Å²) < 4.78 is 51.7. The second kappa shape index (κ2) is 35.3. The number of benzene rings is 4. The number of carbonyl (C=O) groups is 8. The number of aryl methyl sites for hydroxylation is 1. The average molecular weight is 1590 g/mol. The lowest BCUT2D eigenvalue weighted by Crippen LogP contribution is -2.63. The van der Waals surface area contributed by atoms with Crippen LogP contribution in [0.15, 0.2) is 115 Å². The summed E-state index contributed by atoms with van der Waals surface area (Å²) in [5, 5.41) is 26.7. The number of amides is 7. The van der Waals surface area contributed by atoms with Crippen LogP contribution in [0.5, 0.6) is 5.75 Å². The number of esters is 1. The number of aliphatic hydroxyl groups is 1. The number of methoxy groups -OCH3 is 2. The van der Waals surface area contributed by atoms with Crippen LogP contribution < -0.4 is 30.9 Å². The van der Waals surface area contributed by atoms with Gasteiger partial charge in [0.1, 0.15) is 47.3 Å². The molecule has 4 bridgehead atoms. The first-order chi connectivity index (χ1) is 52.0. The number of rotatable bonds is 26. The maximum atomic E-state index is 15.0. The van der Waals surface area contributed by atoms with Crippen molar-refractivity contribution in [2.24, 2.45) is 5.92 Å². The molecule has 0 spiro atoms. The summed E-state index contributed by atoms with van der Waals surface area (Å²) in [5.74, 6) is -4.06. The predicted molar refractivity (Wildman–Crippen MR) is 430 cm³/mol. The normalized spacial score (nSPS) is 22.6. The molecule has 0 radical (unpaired) electrons. The fourth-order valence-corrected chi connectivity index (χ4v) is 16.7. The first kappa shape index (κ1) is 86.5. The fraction of sp³-hybridized carbons (Fsp3) is 0.537. The van der Waals surface area contributed by atoms with E-state index in [9.17, 15) is 43.5 Å². The van der Waals surface area contributed by atoms with E-state index in [1.807, 2.05) is 135 Å². The monoisotopic (exact) mass is 1590 g/mol. The molecular weight excluding hydrogens is 1470 g/mol. The Morgan fingerprint density at radius 1 is 0.811 bits per heavy atom. The number of carbonyl (C=O) groups excluding carboxylic acids is 8. The van der Waals surface area contributed by atoms with Gasteiger partial charge in [-0.3, -0.25) is 29.3 Å². The number of alkyl carbamates (subject to hydrolysis) is 1. The third kappa shape index (κ3) is 20.0. The number of nitrogens with zero attached hydrogens (tertiary/aromatic N) is 5. The molecule has 2 saturated heterocycles. The van der Waals surface area contributed by atoms with Crippen LogP contribution in [-0.2, 0) is 80.8 Å². The van der Waals surface area contributed by atoms with Crippen molar-refractivity contribution < 1.29 is 80.7 Å². The second-order valence-corrected chi connectivity index (χ2v) is 42.8. The molecule has 0 saturated carbocycles. The highest BCUT2D eigenvalue weighted by molar-refractivity contribution is 6.75. The van der Waals surface area contributed by atoms with Gasteiger partial charge in [-0.1, -0.05) is 151 Å². The number of nitrogens with one attached hydrogen (secondary N) is 4. The number of fused-ring (bicyclic) bond motifs is 9. The molecule has 4 aromatic carbocycles. The fourth-order valence-electron chi connectivity index (χ4n) is 13.9. The van der Waals surface area contributed by atoms with Gasteiger partial charge in [-0.05, 0) is 121 Å². The lowest BCUT2D eigenvalue weighted by Gasteiger charge is -2.44. The molecule has 9 rings (SSSR count). The molecular formula is C82H114ClN9O17Si2. The SMILES string of the molecule is COc1cc2cc(c1Cl)N(C)C(=O)C[C@H](OC(=O)[C@H](C)N(C)C(=O)CCNC(=O)[C@@H](O[Si](C)(C)C(C)(C)C)C(O[Si](C)(C)C(C)(C)C)C(=O)NCCNC(=O)CCn1c(CN(C)N(C)C(=O)OCC3c4ccccc4-c4ccccc43)cc3ccccc31)[C@]1(C)OC1[C@H](C)[C@@H]1C[C@@](O)(NC(=O)O1)[C@H](OC)/C=C/C=C(\C)C2. The van der Waals surface area contributed by atoms with Gasteiger partial charge in [0.25, 0.3) is 11.8 Å². The van der Waals surface area contributed by atoms with Crippen molar-refractivity contribution in [1.82, 2.24) is 40.8 Å². The number of para-hydroxylation sites is 1. The lowest BCUT2D eigenvalue weighted by molar-refractivity contribution is -0.162. The molecule has 5 aromatic rings. The highest BCUT2D eigenvalue weighted by Gasteiger charge is 2.65. The van der Waals surface area contributed by atoms with Crippen LogP contribution in [0.2, 0.25) is 41.3 Å². The van der Waals surface area contributed by atoms with Gasteiger partial charge in [-0.2, -0.15) is 0 Å². The van der Waals surface area contributed by atoms with Gasteiger partial charge < -0.3 is 72.7 Å². The zero-order valence-corrected chi connectivity index (χ0v) is 70.7. The average Bonchev–Trinajstić information content (AvgIpc) is 1.57. The van der Waals surface area contributed by atoms with Crippen LogP contribution in [-0.4, -0.2) is 212 Å². The maximum absolute atomic E-state index is 15.0. The Hall–Kier alpha value is -8.46. The second-order valence-electron chi connectivity index (χ2n) is 32.9. The molecule has 111 heavy (non-hydrogen) atoms. The summed E-state index contributed by atoms with van der Waals surface area (Å²) in [6.07, 6.45) is -3.73. The quantitative estimate of drug-likeness (QED) is 0.00858. The van der Waals surface area contributed by atoms with E-state index in [1.165, 1.54) is 50.0 Å². The molecule has 10 atom stereocenters. The van der Waals surface area contributed by atoms with E-state index in [4.69, 9.17) is 48.9 Å². The van der Waals surface area contributed by atoms with Crippen LogP contribution in [0, 0.1) is 5.92 Å². The van der Waals surface area contributed by atoms with Crippen molar-refractivity contribution in [2.45, 2.75) is 211 Å². The van der Waals surface area contributed by atoms with Crippen molar-refractivity contribution in [3.63, 3.8) is 0 Å². The van der Waals surface area contributed by atoms with Gasteiger partial charge >= 0.3 is 18.2 Å². The zero-order valence-electron chi connectivity index (χ0n) is 68.0. The van der Waals surface area contributed by atoms with Crippen molar-refractivity contribution >= 4 is 92.5 Å². The summed E-state index contributed by atoms with van der Waals surface area (Å²) in [6, 6.07) is 28.5. The molecule has 4 aliphatic rings. The molecule has 1 aliphatic carbocycles. The van der Waals surface area contributed by atoms with E-state index in [-0.39, 0.29) is 62.4 Å². The lowest BCUT2D eigenvalue weighted by atomic mass is 9.83. The summed E-state index contributed by atoms with van der Waals surface area (Å²) in [4.78, 5) is 117. The van der Waals surface area contributed by atoms with Gasteiger partial charge in [0, 0.05) is 104 Å². The maximum Gasteiger partial charge on any atom is 0.424 e. The number of likely N-dealkylation sites (N-methyl/N-ethyl adjacent to an activating group) is 1. The Labute approximate surface area is 659 Å². The molecule has 2 fully saturated rings. The van der Waals surface area contributed by atoms with Gasteiger partial charge in [0.15, 0.2) is 34.6 Å². The number of hydrogen-bond donors (Lipinski definition) is 5. The van der Waals surface area contributed by atoms with E-state index in [1.54, 1.807) is 57.2 Å². The Morgan fingerprint density at radius 3 is 2.00 bits per heavy atom. The molecule has 5 N–H and O–H groups in total. The number of epoxide rings is 1. The van der Waals surface area contributed by atoms with Crippen LogP contribution in [0.3, 0.4) is 0 Å². The smallest absolute Gasteiger partial charge is 0.424 e. The van der Waals surface area contributed by atoms with Gasteiger partial charge in [0.05, 0.1) is 31.9 Å². The van der Waals surface area contributed by atoms with Crippen LogP contribution in [0.4, 0.5) is 15.3 Å². The molecule has 4 heterocycles. The Kier molecular flexibility index (Phi) is 27.5. The minimum atomic E-state index is -2.93. The number of halogens is 1. The van der Waals surface area contributed by atoms with Crippen molar-refractivity contribution in [3.8, 4) is 16.9 Å². The Morgan fingerprint density at radius 2 is 1.40 bits per heavy atom. The van der Waals surface area contributed by atoms with Crippen molar-refractivity contribution in [2.75, 3.05) is 73.6 Å². The summed E-state index contributed by atoms with van der Waals surface area (Å²) in [5.41, 5.74) is 4.91. The topological polar surface area (TPSA) is 300 Å². The van der Waals surface area contributed by atoms with E-state index < -0.39 is 135 Å². The molecule has 1 aromatic heterocycles. The molecule has 29 heteroatoms. The molecule has 7 amide bonds. The highest BCUT2D eigenvalue weighted by Crippen LogP contribution is 2.50. The van der Waals surface area contributed by atoms with Crippen LogP contribution in [0.1, 0.15) is 123 Å². The minimum Gasteiger partial charge on any atom is -0.495 e. The zero-order chi connectivity index (χ0) is 81.6. The molecule has 3 aliphatic heterocycles. The van der Waals surface area contributed by atoms with E-state index in [2.05, 4.69) is 50.1 Å². The van der Waals surface area contributed by atoms with E-state index in [0.717, 1.165) is 50.0 Å². The number of ether oxygens (including phenoxy) is 6. The van der Waals surface area contributed by atoms with Crippen molar-refractivity contribution in [1.29, 1.82) is 0 Å². The Balaban J connectivity index is 0.844. The highest BCUT2D eigenvalue weighted by atomic mass is 35.5. The first-order valence-corrected chi connectivity index (χ1v) is 44.1. The van der Waals surface area contributed by atoms with Gasteiger partial charge in [-0.15, -0.1) is 0 Å². The third-order valence-corrected chi connectivity index (χ3v) is 32.4. The van der Waals surface area contributed by atoms with Crippen LogP contribution in [0.25, 0.3) is 22.0 Å². The minimum absolute atomic E-state index is 0.0323. The summed E-state index contributed by atoms with van der Waals surface area (Å²) in [7, 11) is 3.46. The molecule has 604 valence electrons. The standard InChI is InChI=1S/C82H114ClN9O17Si2/c1-50-28-27-35-65(103-16)82(101)47-64(105-77(99)87-82)51(2)73-81(10,107-73)66(46-69(95)90(13)62-43-53(42-50)44-63(102-15)70(62)83)106-76(98)52(3)89(12)68(94)36-38-85-74(96)71(108-110(17,18)79(4,5)6)72(109-111(19,20)80(7,8)9)75(97)86-40-39-84-67(93)37-41-92-55(45-54-29-21-26-34-61(54)92)48-88(11)91(14)78(100)104-49-60-58-32-24-22-30-56(58)57-31-23-25-33-59(57)60/h21-35,43-45,51-52,60,64-66,71-73,101H,36-42,46-49H2,1-20H3,(H,84,93)(H,85,96)(H,86,97)(H,87,99)/b35-27+,50-28+/t51-,52+,64+,65-,66+,71+,72?,73?,81+,82+/m1/s1. The Bertz CT molecular complexity index is 4280. The number of hydrogen-bond acceptors (Lipinski definition) is 18. The summed E-state index contributed by atoms with van der Waals surface area (Å²) in [6.45, 7) is 27.2.